The number of nitrogens with zero attached hydrogens (tertiary/aromatic N) is 2. The van der Waals surface area contributed by atoms with Gasteiger partial charge in [0, 0.05) is 40.3 Å². The highest BCUT2D eigenvalue weighted by Gasteiger charge is 2.32. The van der Waals surface area contributed by atoms with Crippen LogP contribution in [0.1, 0.15) is 50.3 Å². The van der Waals surface area contributed by atoms with Crippen LogP contribution >= 0.6 is 11.8 Å². The van der Waals surface area contributed by atoms with Crippen LogP contribution in [-0.4, -0.2) is 26.5 Å². The highest BCUT2D eigenvalue weighted by molar-refractivity contribution is 7.99. The fourth-order valence-corrected chi connectivity index (χ4v) is 5.21. The molecule has 0 spiro atoms. The number of phenolic OH excluding ortho intramolecular Hbond substituents is 2. The largest absolute Gasteiger partial charge is 0.508 e. The van der Waals surface area contributed by atoms with Crippen molar-refractivity contribution in [3.05, 3.63) is 83.6 Å². The Morgan fingerprint density at radius 3 is 2.58 bits per heavy atom. The molecule has 0 saturated carbocycles. The number of fused-ring (bicyclic) bond motifs is 1. The lowest BCUT2D eigenvalue weighted by atomic mass is 9.98. The summed E-state index contributed by atoms with van der Waals surface area (Å²) >= 11 is 1.68. The van der Waals surface area contributed by atoms with Crippen LogP contribution in [0.15, 0.2) is 72.0 Å². The normalized spacial score (nSPS) is 15.0. The molecule has 6 N–H and O–H groups in total. The summed E-state index contributed by atoms with van der Waals surface area (Å²) < 4.78 is 0. The number of rotatable bonds is 6. The predicted molar refractivity (Wildman–Crippen MR) is 152 cm³/mol. The number of benzene rings is 3. The Morgan fingerprint density at radius 1 is 1.03 bits per heavy atom. The lowest BCUT2D eigenvalue weighted by Gasteiger charge is -2.27. The molecule has 0 fully saturated rings. The number of hydrogen-bond acceptors (Lipinski definition) is 7. The topological polar surface area (TPSA) is 110 Å². The molecule has 1 aromatic heterocycles. The van der Waals surface area contributed by atoms with Gasteiger partial charge >= 0.3 is 0 Å². The summed E-state index contributed by atoms with van der Waals surface area (Å²) in [6, 6.07) is 19.3. The zero-order valence-electron chi connectivity index (χ0n) is 21.0. The second-order valence-corrected chi connectivity index (χ2v) is 9.74. The molecule has 1 atom stereocenters. The van der Waals surface area contributed by atoms with Gasteiger partial charge in [-0.05, 0) is 59.5 Å². The lowest BCUT2D eigenvalue weighted by molar-refractivity contribution is 0.443. The van der Waals surface area contributed by atoms with Gasteiger partial charge in [0.05, 0.1) is 5.56 Å². The third-order valence-corrected chi connectivity index (χ3v) is 7.06. The van der Waals surface area contributed by atoms with Gasteiger partial charge < -0.3 is 20.9 Å². The molecule has 4 aromatic rings. The van der Waals surface area contributed by atoms with Crippen molar-refractivity contribution < 1.29 is 10.2 Å². The molecule has 0 aliphatic carbocycles. The third kappa shape index (κ3) is 5.09. The number of nitrogen functional groups attached to an aromatic ring is 1. The molecule has 0 saturated heterocycles. The Bertz CT molecular complexity index is 1380. The molecule has 3 aromatic carbocycles. The van der Waals surface area contributed by atoms with Gasteiger partial charge in [-0.1, -0.05) is 39.8 Å². The average Bonchev–Trinajstić information content (AvgIpc) is 3.50. The molecule has 5 rings (SSSR count). The van der Waals surface area contributed by atoms with Crippen LogP contribution < -0.4 is 16.1 Å². The highest BCUT2D eigenvalue weighted by Crippen LogP contribution is 2.37. The minimum Gasteiger partial charge on any atom is -0.508 e. The summed E-state index contributed by atoms with van der Waals surface area (Å²) in [7, 11) is 0. The first-order valence-electron chi connectivity index (χ1n) is 12.1. The zero-order valence-corrected chi connectivity index (χ0v) is 21.8. The van der Waals surface area contributed by atoms with E-state index in [1.807, 2.05) is 76.4 Å². The number of aromatic nitrogens is 1. The van der Waals surface area contributed by atoms with Crippen LogP contribution in [0.5, 0.6) is 11.5 Å². The molecule has 0 bridgehead atoms. The van der Waals surface area contributed by atoms with Crippen LogP contribution in [0, 0.1) is 0 Å². The molecule has 1 aliphatic heterocycles. The second kappa shape index (κ2) is 10.9. The Kier molecular flexibility index (Phi) is 7.64. The summed E-state index contributed by atoms with van der Waals surface area (Å²) in [6.07, 6.45) is 1.92. The van der Waals surface area contributed by atoms with Crippen molar-refractivity contribution >= 4 is 39.9 Å². The standard InChI is InChI=1S/C26H27N5O2S.C2H6/c1-15(2)20-12-21(24(33)13-23(20)32)25-29-30-26(34-14-16-4-3-5-18(27)10-16)31(25)19-6-7-22-17(11-19)8-9-28-22;1-2/h3-13,15,26,28,30,32-33H,14,27H2,1-2H3;1-2H3. The predicted octanol–water partition coefficient (Wildman–Crippen LogP) is 6.30. The number of thioether (sulfide) groups is 1. The SMILES string of the molecule is CC.CC(C)c1cc(C2=NNC(SCc3cccc(N)c3)N2c2ccc3[nH]ccc3c2)c(O)cc1O. The summed E-state index contributed by atoms with van der Waals surface area (Å²) in [5.74, 6) is 1.48. The van der Waals surface area contributed by atoms with Crippen molar-refractivity contribution in [3.63, 3.8) is 0 Å². The van der Waals surface area contributed by atoms with Crippen molar-refractivity contribution in [2.75, 3.05) is 10.6 Å². The number of aromatic amines is 1. The average molecular weight is 504 g/mol. The lowest BCUT2D eigenvalue weighted by Crippen LogP contribution is -2.38. The van der Waals surface area contributed by atoms with Gasteiger partial charge in [-0.3, -0.25) is 10.3 Å². The van der Waals surface area contributed by atoms with Gasteiger partial charge in [-0.15, -0.1) is 11.8 Å². The first-order valence-corrected chi connectivity index (χ1v) is 13.2. The van der Waals surface area contributed by atoms with E-state index in [2.05, 4.69) is 32.5 Å². The van der Waals surface area contributed by atoms with Crippen molar-refractivity contribution in [2.45, 2.75) is 44.9 Å². The van der Waals surface area contributed by atoms with Gasteiger partial charge in [0.1, 0.15) is 11.5 Å². The first kappa shape index (κ1) is 25.3. The van der Waals surface area contributed by atoms with Gasteiger partial charge in [0.25, 0.3) is 0 Å². The Balaban J connectivity index is 0.00000148. The molecule has 188 valence electrons. The van der Waals surface area contributed by atoms with E-state index in [1.165, 1.54) is 6.07 Å². The molecule has 0 radical (unpaired) electrons. The monoisotopic (exact) mass is 503 g/mol. The maximum atomic E-state index is 10.8. The van der Waals surface area contributed by atoms with E-state index in [9.17, 15) is 10.2 Å². The Hall–Kier alpha value is -3.78. The Morgan fingerprint density at radius 2 is 1.83 bits per heavy atom. The minimum atomic E-state index is -0.205. The summed E-state index contributed by atoms with van der Waals surface area (Å²) in [6.45, 7) is 8.01. The van der Waals surface area contributed by atoms with E-state index in [0.29, 0.717) is 11.4 Å². The number of anilines is 2. The van der Waals surface area contributed by atoms with E-state index in [1.54, 1.807) is 11.8 Å². The number of nitrogens with two attached hydrogens (primary N) is 1. The molecule has 7 nitrogen and oxygen atoms in total. The number of amidine groups is 1. The van der Waals surface area contributed by atoms with Gasteiger partial charge in [-0.25, -0.2) is 0 Å². The maximum Gasteiger partial charge on any atom is 0.169 e. The summed E-state index contributed by atoms with van der Waals surface area (Å²) in [5.41, 5.74) is 14.2. The van der Waals surface area contributed by atoms with Gasteiger partial charge in [0.2, 0.25) is 0 Å². The molecular formula is C28H33N5O2S. The molecule has 2 heterocycles. The zero-order chi connectivity index (χ0) is 25.8. The molecule has 36 heavy (non-hydrogen) atoms. The first-order chi connectivity index (χ1) is 17.4. The molecular weight excluding hydrogens is 470 g/mol. The number of hydrazone groups is 1. The van der Waals surface area contributed by atoms with E-state index >= 15 is 0 Å². The summed E-state index contributed by atoms with van der Waals surface area (Å²) in [5, 5.41) is 26.8. The number of hydrogen-bond donors (Lipinski definition) is 5. The number of H-pyrrole nitrogens is 1. The minimum absolute atomic E-state index is 0.0170. The molecule has 1 unspecified atom stereocenters. The van der Waals surface area contributed by atoms with E-state index in [0.717, 1.165) is 39.2 Å². The fraction of sp³-hybridized carbons (Fsp3) is 0.250. The maximum absolute atomic E-state index is 10.8. The van der Waals surface area contributed by atoms with Crippen LogP contribution in [0.2, 0.25) is 0 Å². The van der Waals surface area contributed by atoms with Crippen molar-refractivity contribution in [2.24, 2.45) is 5.10 Å². The highest BCUT2D eigenvalue weighted by atomic mass is 32.2. The van der Waals surface area contributed by atoms with Gasteiger partial charge in [0.15, 0.2) is 11.3 Å². The van der Waals surface area contributed by atoms with E-state index in [-0.39, 0.29) is 22.9 Å². The third-order valence-electron chi connectivity index (χ3n) is 5.93. The smallest absolute Gasteiger partial charge is 0.169 e. The van der Waals surface area contributed by atoms with Crippen LogP contribution in [0.25, 0.3) is 10.9 Å². The molecule has 0 amide bonds. The van der Waals surface area contributed by atoms with Crippen molar-refractivity contribution in [3.8, 4) is 11.5 Å². The second-order valence-electron chi connectivity index (χ2n) is 8.68. The van der Waals surface area contributed by atoms with Gasteiger partial charge in [-0.2, -0.15) is 5.10 Å². The Labute approximate surface area is 216 Å². The number of nitrogens with one attached hydrogen (secondary N) is 2. The van der Waals surface area contributed by atoms with E-state index in [4.69, 9.17) is 5.73 Å². The quantitative estimate of drug-likeness (QED) is 0.198. The van der Waals surface area contributed by atoms with Crippen molar-refractivity contribution in [1.29, 1.82) is 0 Å². The van der Waals surface area contributed by atoms with Crippen LogP contribution in [0.3, 0.4) is 0 Å². The molecule has 1 aliphatic rings. The number of phenols is 2. The van der Waals surface area contributed by atoms with E-state index < -0.39 is 0 Å². The fourth-order valence-electron chi connectivity index (χ4n) is 4.18. The van der Waals surface area contributed by atoms with Crippen LogP contribution in [-0.2, 0) is 5.75 Å². The van der Waals surface area contributed by atoms with Crippen LogP contribution in [0.4, 0.5) is 11.4 Å². The summed E-state index contributed by atoms with van der Waals surface area (Å²) in [4.78, 5) is 5.31. The number of aromatic hydroxyl groups is 2. The van der Waals surface area contributed by atoms with Crippen molar-refractivity contribution in [1.82, 2.24) is 10.4 Å². The molecule has 8 heteroatoms.